The number of nitrogens with one attached hydrogen (secondary N) is 1. The van der Waals surface area contributed by atoms with Gasteiger partial charge in [0.05, 0.1) is 18.6 Å². The summed E-state index contributed by atoms with van der Waals surface area (Å²) in [5.74, 6) is 1.00. The van der Waals surface area contributed by atoms with Gasteiger partial charge in [-0.05, 0) is 36.2 Å². The summed E-state index contributed by atoms with van der Waals surface area (Å²) >= 11 is 1.28. The molecule has 0 unspecified atom stereocenters. The Balaban J connectivity index is 1.67. The van der Waals surface area contributed by atoms with Crippen molar-refractivity contribution in [2.45, 2.75) is 37.9 Å². The van der Waals surface area contributed by atoms with Crippen molar-refractivity contribution < 1.29 is 14.0 Å². The van der Waals surface area contributed by atoms with Crippen molar-refractivity contribution in [3.63, 3.8) is 0 Å². The largest absolute Gasteiger partial charge is 0.467 e. The van der Waals surface area contributed by atoms with E-state index in [-0.39, 0.29) is 18.1 Å². The molecular formula is C20H23N5O3S. The maximum absolute atomic E-state index is 12.4. The molecular weight excluding hydrogens is 390 g/mol. The zero-order valence-electron chi connectivity index (χ0n) is 16.1. The predicted molar refractivity (Wildman–Crippen MR) is 111 cm³/mol. The van der Waals surface area contributed by atoms with Gasteiger partial charge in [-0.3, -0.25) is 14.2 Å². The second-order valence-electron chi connectivity index (χ2n) is 6.42. The van der Waals surface area contributed by atoms with E-state index in [9.17, 15) is 9.59 Å². The quantitative estimate of drug-likeness (QED) is 0.494. The first-order valence-corrected chi connectivity index (χ1v) is 10.3. The number of hydrogen-bond acceptors (Lipinski definition) is 6. The second-order valence-corrected chi connectivity index (χ2v) is 7.36. The highest BCUT2D eigenvalue weighted by Gasteiger charge is 2.16. The smallest absolute Gasteiger partial charge is 0.234 e. The van der Waals surface area contributed by atoms with Crippen LogP contribution in [0, 0.1) is 0 Å². The fourth-order valence-electron chi connectivity index (χ4n) is 2.76. The normalized spacial score (nSPS) is 10.8. The Hall–Kier alpha value is -3.07. The minimum atomic E-state index is -0.402. The molecule has 0 saturated heterocycles. The Kier molecular flexibility index (Phi) is 7.07. The third kappa shape index (κ3) is 5.95. The van der Waals surface area contributed by atoms with Crippen molar-refractivity contribution in [1.82, 2.24) is 14.8 Å². The van der Waals surface area contributed by atoms with E-state index in [1.54, 1.807) is 12.3 Å². The molecule has 8 nitrogen and oxygen atoms in total. The minimum Gasteiger partial charge on any atom is -0.467 e. The molecule has 2 heterocycles. The van der Waals surface area contributed by atoms with Gasteiger partial charge in [0, 0.05) is 18.5 Å². The molecule has 0 fully saturated rings. The van der Waals surface area contributed by atoms with Crippen molar-refractivity contribution in [1.29, 1.82) is 0 Å². The molecule has 0 bridgehead atoms. The second kappa shape index (κ2) is 9.92. The van der Waals surface area contributed by atoms with Crippen molar-refractivity contribution in [2.75, 3.05) is 11.1 Å². The van der Waals surface area contributed by atoms with Crippen LogP contribution in [0.5, 0.6) is 0 Å². The summed E-state index contributed by atoms with van der Waals surface area (Å²) in [6.45, 7) is 2.48. The zero-order valence-corrected chi connectivity index (χ0v) is 16.9. The molecule has 1 aromatic carbocycles. The molecule has 29 heavy (non-hydrogen) atoms. The van der Waals surface area contributed by atoms with Crippen molar-refractivity contribution in [2.24, 2.45) is 5.73 Å². The van der Waals surface area contributed by atoms with E-state index in [1.807, 2.05) is 34.9 Å². The summed E-state index contributed by atoms with van der Waals surface area (Å²) in [6.07, 6.45) is 3.05. The number of benzene rings is 1. The van der Waals surface area contributed by atoms with Gasteiger partial charge in [0.2, 0.25) is 11.8 Å². The zero-order chi connectivity index (χ0) is 20.6. The van der Waals surface area contributed by atoms with E-state index < -0.39 is 5.91 Å². The molecule has 0 radical (unpaired) electrons. The van der Waals surface area contributed by atoms with Gasteiger partial charge in [-0.15, -0.1) is 10.2 Å². The van der Waals surface area contributed by atoms with Gasteiger partial charge in [0.25, 0.3) is 0 Å². The standard InChI is InChI=1S/C20H23N5O3S/c1-2-14-5-3-6-15(11-14)22-19(27)13-29-20-24-23-18(9-8-17(21)26)25(20)12-16-7-4-10-28-16/h3-7,10-11H,2,8-9,12-13H2,1H3,(H2,21,26)(H,22,27). The molecule has 0 aliphatic heterocycles. The summed E-state index contributed by atoms with van der Waals surface area (Å²) in [5.41, 5.74) is 7.18. The molecule has 152 valence electrons. The van der Waals surface area contributed by atoms with E-state index >= 15 is 0 Å². The summed E-state index contributed by atoms with van der Waals surface area (Å²) in [7, 11) is 0. The minimum absolute atomic E-state index is 0.130. The molecule has 0 atom stereocenters. The fraction of sp³-hybridized carbons (Fsp3) is 0.300. The molecule has 2 amide bonds. The van der Waals surface area contributed by atoms with Crippen molar-refractivity contribution >= 4 is 29.3 Å². The number of primary amides is 1. The van der Waals surface area contributed by atoms with Crippen LogP contribution in [0.25, 0.3) is 0 Å². The number of nitrogens with two attached hydrogens (primary N) is 1. The third-order valence-corrected chi connectivity index (χ3v) is 5.20. The number of hydrogen-bond donors (Lipinski definition) is 2. The maximum Gasteiger partial charge on any atom is 0.234 e. The van der Waals surface area contributed by atoms with Crippen LogP contribution in [0.3, 0.4) is 0 Å². The number of thioether (sulfide) groups is 1. The summed E-state index contributed by atoms with van der Waals surface area (Å²) in [5, 5.41) is 11.8. The number of amides is 2. The van der Waals surface area contributed by atoms with Crippen LogP contribution in [-0.4, -0.2) is 32.3 Å². The van der Waals surface area contributed by atoms with Crippen LogP contribution in [0.1, 0.15) is 30.5 Å². The molecule has 2 aromatic heterocycles. The van der Waals surface area contributed by atoms with E-state index in [1.165, 1.54) is 11.8 Å². The molecule has 3 N–H and O–H groups in total. The monoisotopic (exact) mass is 413 g/mol. The highest BCUT2D eigenvalue weighted by Crippen LogP contribution is 2.20. The van der Waals surface area contributed by atoms with E-state index in [0.29, 0.717) is 23.9 Å². The topological polar surface area (TPSA) is 116 Å². The number of aromatic nitrogens is 3. The van der Waals surface area contributed by atoms with Gasteiger partial charge in [-0.1, -0.05) is 30.8 Å². The lowest BCUT2D eigenvalue weighted by molar-refractivity contribution is -0.118. The Morgan fingerprint density at radius 3 is 2.83 bits per heavy atom. The van der Waals surface area contributed by atoms with Crippen molar-refractivity contribution in [3.05, 3.63) is 59.8 Å². The molecule has 3 rings (SSSR count). The van der Waals surface area contributed by atoms with Gasteiger partial charge in [0.15, 0.2) is 5.16 Å². The first-order chi connectivity index (χ1) is 14.0. The van der Waals surface area contributed by atoms with Gasteiger partial charge < -0.3 is 15.5 Å². The number of carbonyl (C=O) groups excluding carboxylic acids is 2. The summed E-state index contributed by atoms with van der Waals surface area (Å²) in [4.78, 5) is 23.5. The molecule has 9 heteroatoms. The Morgan fingerprint density at radius 2 is 2.10 bits per heavy atom. The number of carbonyl (C=O) groups is 2. The highest BCUT2D eigenvalue weighted by atomic mass is 32.2. The van der Waals surface area contributed by atoms with Crippen LogP contribution >= 0.6 is 11.8 Å². The lowest BCUT2D eigenvalue weighted by Crippen LogP contribution is -2.16. The van der Waals surface area contributed by atoms with E-state index in [2.05, 4.69) is 22.4 Å². The number of nitrogens with zero attached hydrogens (tertiary/aromatic N) is 3. The Bertz CT molecular complexity index is 968. The van der Waals surface area contributed by atoms with Crippen LogP contribution in [0.4, 0.5) is 5.69 Å². The molecule has 0 saturated carbocycles. The van der Waals surface area contributed by atoms with Crippen molar-refractivity contribution in [3.8, 4) is 0 Å². The first-order valence-electron chi connectivity index (χ1n) is 9.29. The van der Waals surface area contributed by atoms with Gasteiger partial charge in [0.1, 0.15) is 11.6 Å². The van der Waals surface area contributed by atoms with Crippen LogP contribution in [0.15, 0.2) is 52.2 Å². The molecule has 0 aliphatic carbocycles. The Labute approximate surface area is 172 Å². The van der Waals surface area contributed by atoms with Gasteiger partial charge in [-0.2, -0.15) is 0 Å². The lowest BCUT2D eigenvalue weighted by Gasteiger charge is -2.09. The first kappa shape index (κ1) is 20.7. The lowest BCUT2D eigenvalue weighted by atomic mass is 10.1. The Morgan fingerprint density at radius 1 is 1.24 bits per heavy atom. The fourth-order valence-corrected chi connectivity index (χ4v) is 3.52. The average molecular weight is 414 g/mol. The summed E-state index contributed by atoms with van der Waals surface area (Å²) in [6, 6.07) is 11.4. The highest BCUT2D eigenvalue weighted by molar-refractivity contribution is 7.99. The predicted octanol–water partition coefficient (Wildman–Crippen LogP) is 2.63. The van der Waals surface area contributed by atoms with Crippen LogP contribution in [0.2, 0.25) is 0 Å². The van der Waals surface area contributed by atoms with Crippen LogP contribution < -0.4 is 11.1 Å². The third-order valence-electron chi connectivity index (χ3n) is 4.23. The van der Waals surface area contributed by atoms with E-state index in [0.717, 1.165) is 23.4 Å². The van der Waals surface area contributed by atoms with Crippen LogP contribution in [-0.2, 0) is 29.0 Å². The number of furan rings is 1. The average Bonchev–Trinajstić information content (AvgIpc) is 3.35. The SMILES string of the molecule is CCc1cccc(NC(=O)CSc2nnc(CCC(N)=O)n2Cc2ccco2)c1. The van der Waals surface area contributed by atoms with E-state index in [4.69, 9.17) is 10.2 Å². The molecule has 0 aliphatic rings. The summed E-state index contributed by atoms with van der Waals surface area (Å²) < 4.78 is 7.26. The van der Waals surface area contributed by atoms with Gasteiger partial charge in [-0.25, -0.2) is 0 Å². The maximum atomic E-state index is 12.4. The number of anilines is 1. The number of aryl methyl sites for hydroxylation is 2. The van der Waals surface area contributed by atoms with Gasteiger partial charge >= 0.3 is 0 Å². The molecule has 0 spiro atoms. The molecule has 3 aromatic rings. The number of rotatable bonds is 10.